The van der Waals surface area contributed by atoms with Gasteiger partial charge in [-0.1, -0.05) is 0 Å². The molecule has 2 rings (SSSR count). The number of nitrogens with two attached hydrogens (primary N) is 2. The molecule has 142 valence electrons. The first kappa shape index (κ1) is 19.3. The molecule has 0 aromatic carbocycles. The lowest BCUT2D eigenvalue weighted by molar-refractivity contribution is -0.149. The minimum atomic E-state index is -1.58. The van der Waals surface area contributed by atoms with E-state index in [4.69, 9.17) is 11.5 Å². The van der Waals surface area contributed by atoms with Crippen LogP contribution in [-0.4, -0.2) is 94.4 Å². The first-order chi connectivity index (χ1) is 11.8. The predicted octanol–water partition coefficient (Wildman–Crippen LogP) is -2.06. The lowest BCUT2D eigenvalue weighted by atomic mass is 9.84. The molecule has 25 heavy (non-hydrogen) atoms. The molecule has 2 fully saturated rings. The molecule has 6 N–H and O–H groups in total. The summed E-state index contributed by atoms with van der Waals surface area (Å²) in [5.74, 6) is 0.0473. The van der Waals surface area contributed by atoms with E-state index in [9.17, 15) is 19.8 Å². The highest BCUT2D eigenvalue weighted by Gasteiger charge is 2.46. The molecule has 0 aliphatic carbocycles. The summed E-state index contributed by atoms with van der Waals surface area (Å²) in [6.07, 6.45) is -0.157. The van der Waals surface area contributed by atoms with E-state index in [0.717, 1.165) is 0 Å². The number of nitrogens with zero attached hydrogens (tertiary/aromatic N) is 4. The largest absolute Gasteiger partial charge is 0.370 e. The second-order valence-corrected chi connectivity index (χ2v) is 6.54. The Labute approximate surface area is 147 Å². The predicted molar refractivity (Wildman–Crippen MR) is 91.3 cm³/mol. The number of aliphatic imine (C=N–C) groups is 1. The van der Waals surface area contributed by atoms with Crippen molar-refractivity contribution in [2.24, 2.45) is 22.4 Å². The zero-order valence-corrected chi connectivity index (χ0v) is 14.5. The van der Waals surface area contributed by atoms with Crippen LogP contribution < -0.4 is 11.5 Å². The van der Waals surface area contributed by atoms with E-state index >= 15 is 0 Å². The van der Waals surface area contributed by atoms with E-state index in [2.05, 4.69) is 4.99 Å². The number of guanidine groups is 1. The summed E-state index contributed by atoms with van der Waals surface area (Å²) in [6, 6.07) is -0.820. The molecular formula is C15H28N6O4. The molecule has 2 aliphatic rings. The van der Waals surface area contributed by atoms with E-state index in [1.807, 2.05) is 0 Å². The van der Waals surface area contributed by atoms with Crippen molar-refractivity contribution in [2.75, 3.05) is 39.3 Å². The van der Waals surface area contributed by atoms with Crippen LogP contribution in [0.15, 0.2) is 4.99 Å². The zero-order valence-electron chi connectivity index (χ0n) is 14.5. The van der Waals surface area contributed by atoms with Crippen LogP contribution in [0.4, 0.5) is 4.79 Å². The van der Waals surface area contributed by atoms with Gasteiger partial charge in [0.15, 0.2) is 12.2 Å². The van der Waals surface area contributed by atoms with Gasteiger partial charge in [-0.3, -0.25) is 9.79 Å². The Morgan fingerprint density at radius 1 is 1.16 bits per heavy atom. The third-order valence-corrected chi connectivity index (χ3v) is 4.85. The van der Waals surface area contributed by atoms with Gasteiger partial charge in [-0.05, 0) is 12.8 Å². The average Bonchev–Trinajstić information content (AvgIpc) is 2.52. The number of hydrogen-bond donors (Lipinski definition) is 4. The van der Waals surface area contributed by atoms with E-state index in [-0.39, 0.29) is 23.8 Å². The van der Waals surface area contributed by atoms with Crippen LogP contribution in [0, 0.1) is 5.92 Å². The van der Waals surface area contributed by atoms with Gasteiger partial charge in [0.2, 0.25) is 5.91 Å². The van der Waals surface area contributed by atoms with Crippen molar-refractivity contribution in [1.29, 1.82) is 0 Å². The molecular weight excluding hydrogens is 328 g/mol. The van der Waals surface area contributed by atoms with Gasteiger partial charge in [0.05, 0.1) is 6.04 Å². The highest BCUT2D eigenvalue weighted by atomic mass is 16.5. The fraction of sp³-hybridized carbons (Fsp3) is 0.800. The molecule has 2 saturated heterocycles. The van der Waals surface area contributed by atoms with Crippen molar-refractivity contribution in [1.82, 2.24) is 14.7 Å². The fourth-order valence-electron chi connectivity index (χ4n) is 3.43. The van der Waals surface area contributed by atoms with Gasteiger partial charge >= 0.3 is 6.03 Å². The van der Waals surface area contributed by atoms with E-state index < -0.39 is 12.3 Å². The number of carbonyl (C=O) groups excluding carboxylic acids is 2. The minimum Gasteiger partial charge on any atom is -0.370 e. The van der Waals surface area contributed by atoms with Gasteiger partial charge in [0.1, 0.15) is 0 Å². The lowest BCUT2D eigenvalue weighted by Gasteiger charge is -2.51. The van der Waals surface area contributed by atoms with Crippen molar-refractivity contribution in [3.8, 4) is 0 Å². The van der Waals surface area contributed by atoms with Crippen LogP contribution in [-0.2, 0) is 4.79 Å². The maximum absolute atomic E-state index is 12.6. The van der Waals surface area contributed by atoms with Gasteiger partial charge in [-0.2, -0.15) is 0 Å². The number of aliphatic hydroxyl groups is 2. The Bertz CT molecular complexity index is 514. The number of rotatable bonds is 5. The van der Waals surface area contributed by atoms with E-state index in [1.165, 1.54) is 11.8 Å². The quantitative estimate of drug-likeness (QED) is 0.192. The van der Waals surface area contributed by atoms with Crippen LogP contribution in [0.5, 0.6) is 0 Å². The van der Waals surface area contributed by atoms with Gasteiger partial charge in [-0.25, -0.2) is 4.79 Å². The number of piperazine rings is 1. The van der Waals surface area contributed by atoms with Crippen LogP contribution in [0.1, 0.15) is 19.8 Å². The van der Waals surface area contributed by atoms with E-state index in [1.54, 1.807) is 9.80 Å². The lowest BCUT2D eigenvalue weighted by Crippen LogP contribution is -2.67. The van der Waals surface area contributed by atoms with Crippen molar-refractivity contribution >= 4 is 17.9 Å². The molecule has 2 heterocycles. The number of likely N-dealkylation sites (tertiary alicyclic amines) is 1. The van der Waals surface area contributed by atoms with Crippen LogP contribution in [0.3, 0.4) is 0 Å². The van der Waals surface area contributed by atoms with Crippen molar-refractivity contribution in [2.45, 2.75) is 32.1 Å². The number of aliphatic hydroxyl groups excluding tert-OH is 1. The highest BCUT2D eigenvalue weighted by Crippen LogP contribution is 2.32. The van der Waals surface area contributed by atoms with Crippen molar-refractivity contribution in [3.05, 3.63) is 0 Å². The second kappa shape index (κ2) is 8.34. The molecule has 0 spiro atoms. The molecule has 0 saturated carbocycles. The molecule has 0 bridgehead atoms. The van der Waals surface area contributed by atoms with E-state index in [0.29, 0.717) is 52.1 Å². The van der Waals surface area contributed by atoms with Gasteiger partial charge in [0, 0.05) is 52.1 Å². The Hall–Kier alpha value is -2.07. The monoisotopic (exact) mass is 356 g/mol. The highest BCUT2D eigenvalue weighted by molar-refractivity contribution is 5.77. The maximum Gasteiger partial charge on any atom is 0.320 e. The summed E-state index contributed by atoms with van der Waals surface area (Å²) >= 11 is 0. The van der Waals surface area contributed by atoms with Gasteiger partial charge in [0.25, 0.3) is 0 Å². The number of amides is 3. The minimum absolute atomic E-state index is 0.000505. The SMILES string of the molecule is CC(=O)N1CCN(C(=O)N2CC(CCCN=C(N)N)C2C(O)O)CC1. The third-order valence-electron chi connectivity index (χ3n) is 4.85. The number of carbonyl (C=O) groups is 2. The normalized spacial score (nSPS) is 23.4. The molecule has 0 aromatic rings. The summed E-state index contributed by atoms with van der Waals surface area (Å²) < 4.78 is 0. The molecule has 0 aromatic heterocycles. The zero-order chi connectivity index (χ0) is 18.6. The molecule has 2 aliphatic heterocycles. The second-order valence-electron chi connectivity index (χ2n) is 6.54. The Morgan fingerprint density at radius 2 is 1.76 bits per heavy atom. The molecule has 2 unspecified atom stereocenters. The summed E-state index contributed by atoms with van der Waals surface area (Å²) in [5, 5.41) is 19.3. The summed E-state index contributed by atoms with van der Waals surface area (Å²) in [4.78, 5) is 32.7. The Kier molecular flexibility index (Phi) is 6.43. The molecule has 3 amide bonds. The van der Waals surface area contributed by atoms with Crippen molar-refractivity contribution < 1.29 is 19.8 Å². The van der Waals surface area contributed by atoms with Crippen LogP contribution >= 0.6 is 0 Å². The average molecular weight is 356 g/mol. The number of hydrogen-bond acceptors (Lipinski definition) is 5. The fourth-order valence-corrected chi connectivity index (χ4v) is 3.43. The Morgan fingerprint density at radius 3 is 2.28 bits per heavy atom. The van der Waals surface area contributed by atoms with Gasteiger partial charge < -0.3 is 36.4 Å². The van der Waals surface area contributed by atoms with Crippen LogP contribution in [0.2, 0.25) is 0 Å². The summed E-state index contributed by atoms with van der Waals surface area (Å²) in [7, 11) is 0. The van der Waals surface area contributed by atoms with Crippen molar-refractivity contribution in [3.63, 3.8) is 0 Å². The van der Waals surface area contributed by atoms with Crippen LogP contribution in [0.25, 0.3) is 0 Å². The first-order valence-corrected chi connectivity index (χ1v) is 8.54. The standard InChI is InChI=1S/C15H28N6O4/c1-10(22)19-5-7-20(8-6-19)15(25)21-9-11(12(21)13(23)24)3-2-4-18-14(16)17/h11-13,23-24H,2-9H2,1H3,(H4,16,17,18). The topological polar surface area (TPSA) is 149 Å². The molecule has 2 atom stereocenters. The first-order valence-electron chi connectivity index (χ1n) is 8.54. The molecule has 10 heteroatoms. The maximum atomic E-state index is 12.6. The number of urea groups is 1. The molecule has 10 nitrogen and oxygen atoms in total. The third kappa shape index (κ3) is 4.73. The smallest absolute Gasteiger partial charge is 0.320 e. The van der Waals surface area contributed by atoms with Gasteiger partial charge in [-0.15, -0.1) is 0 Å². The Balaban J connectivity index is 1.84. The summed E-state index contributed by atoms with van der Waals surface area (Å²) in [6.45, 7) is 4.39. The summed E-state index contributed by atoms with van der Waals surface area (Å²) in [5.41, 5.74) is 10.5. The molecule has 0 radical (unpaired) electrons.